The number of nitrogens with one attached hydrogen (secondary N) is 1. The number of hydrogen-bond acceptors (Lipinski definition) is 4. The minimum Gasteiger partial charge on any atom is -0.496 e. The molecule has 1 rings (SSSR count). The predicted molar refractivity (Wildman–Crippen MR) is 76.9 cm³/mol. The van der Waals surface area contributed by atoms with E-state index in [4.69, 9.17) is 9.47 Å². The number of ether oxygens (including phenoxy) is 2. The molecule has 0 saturated heterocycles. The van der Waals surface area contributed by atoms with Gasteiger partial charge < -0.3 is 14.8 Å². The zero-order valence-corrected chi connectivity index (χ0v) is 12.8. The van der Waals surface area contributed by atoms with Gasteiger partial charge >= 0.3 is 5.97 Å². The van der Waals surface area contributed by atoms with E-state index in [9.17, 15) is 4.79 Å². The number of hydrogen-bond donors (Lipinski definition) is 1. The van der Waals surface area contributed by atoms with Gasteiger partial charge in [0.1, 0.15) is 11.3 Å². The molecule has 0 unspecified atom stereocenters. The molecular formula is C15H23NO3. The smallest absolute Gasteiger partial charge is 0.330 e. The minimum atomic E-state index is -0.773. The van der Waals surface area contributed by atoms with Crippen molar-refractivity contribution < 1.29 is 14.3 Å². The van der Waals surface area contributed by atoms with Crippen LogP contribution < -0.4 is 10.1 Å². The Bertz CT molecular complexity index is 493. The van der Waals surface area contributed by atoms with E-state index < -0.39 is 5.54 Å². The van der Waals surface area contributed by atoms with E-state index >= 15 is 0 Å². The summed E-state index contributed by atoms with van der Waals surface area (Å²) >= 11 is 0. The molecule has 0 saturated carbocycles. The van der Waals surface area contributed by atoms with Crippen LogP contribution in [0.15, 0.2) is 6.07 Å². The average Bonchev–Trinajstić information content (AvgIpc) is 2.37. The number of benzene rings is 1. The maximum atomic E-state index is 11.8. The lowest BCUT2D eigenvalue weighted by atomic mass is 9.98. The Kier molecular flexibility index (Phi) is 4.45. The number of aryl methyl sites for hydroxylation is 1. The molecule has 0 fully saturated rings. The number of esters is 1. The van der Waals surface area contributed by atoms with Crippen molar-refractivity contribution in [2.45, 2.75) is 40.2 Å². The molecule has 106 valence electrons. The normalized spacial score (nSPS) is 11.1. The van der Waals surface area contributed by atoms with Crippen molar-refractivity contribution in [3.05, 3.63) is 22.8 Å². The van der Waals surface area contributed by atoms with E-state index in [1.54, 1.807) is 21.0 Å². The molecule has 1 aromatic carbocycles. The number of carbonyl (C=O) groups excluding carboxylic acids is 1. The molecule has 0 spiro atoms. The summed E-state index contributed by atoms with van der Waals surface area (Å²) in [4.78, 5) is 11.8. The average molecular weight is 265 g/mol. The topological polar surface area (TPSA) is 47.6 Å². The van der Waals surface area contributed by atoms with Gasteiger partial charge in [-0.1, -0.05) is 0 Å². The zero-order valence-electron chi connectivity index (χ0n) is 12.8. The first-order valence-corrected chi connectivity index (χ1v) is 6.26. The van der Waals surface area contributed by atoms with E-state index in [0.717, 1.165) is 28.1 Å². The molecule has 0 amide bonds. The fourth-order valence-corrected chi connectivity index (χ4v) is 2.07. The van der Waals surface area contributed by atoms with Crippen LogP contribution in [-0.2, 0) is 9.53 Å². The molecule has 19 heavy (non-hydrogen) atoms. The van der Waals surface area contributed by atoms with Crippen molar-refractivity contribution in [1.29, 1.82) is 0 Å². The minimum absolute atomic E-state index is 0.292. The van der Waals surface area contributed by atoms with Crippen LogP contribution in [0, 0.1) is 20.8 Å². The van der Waals surface area contributed by atoms with Crippen LogP contribution in [-0.4, -0.2) is 25.7 Å². The van der Waals surface area contributed by atoms with Gasteiger partial charge in [-0.25, -0.2) is 4.79 Å². The van der Waals surface area contributed by atoms with Crippen LogP contribution in [0.25, 0.3) is 0 Å². The van der Waals surface area contributed by atoms with Crippen LogP contribution in [0.3, 0.4) is 0 Å². The first-order valence-electron chi connectivity index (χ1n) is 6.26. The molecule has 0 aliphatic heterocycles. The Hall–Kier alpha value is -1.71. The monoisotopic (exact) mass is 265 g/mol. The summed E-state index contributed by atoms with van der Waals surface area (Å²) < 4.78 is 10.2. The van der Waals surface area contributed by atoms with Crippen LogP contribution in [0.1, 0.15) is 30.5 Å². The first-order chi connectivity index (χ1) is 8.74. The first kappa shape index (κ1) is 15.3. The van der Waals surface area contributed by atoms with Crippen molar-refractivity contribution >= 4 is 11.7 Å². The predicted octanol–water partition coefficient (Wildman–Crippen LogP) is 2.98. The molecule has 0 aliphatic carbocycles. The van der Waals surface area contributed by atoms with Gasteiger partial charge in [-0.15, -0.1) is 0 Å². The number of carbonyl (C=O) groups is 1. The second-order valence-corrected chi connectivity index (χ2v) is 5.26. The summed E-state index contributed by atoms with van der Waals surface area (Å²) in [6, 6.07) is 1.97. The van der Waals surface area contributed by atoms with Gasteiger partial charge in [-0.3, -0.25) is 0 Å². The Morgan fingerprint density at radius 3 is 2.21 bits per heavy atom. The second kappa shape index (κ2) is 5.51. The van der Waals surface area contributed by atoms with Crippen molar-refractivity contribution in [1.82, 2.24) is 0 Å². The van der Waals surface area contributed by atoms with Gasteiger partial charge in [0, 0.05) is 5.69 Å². The lowest BCUT2D eigenvalue weighted by Crippen LogP contribution is -2.41. The highest BCUT2D eigenvalue weighted by Gasteiger charge is 2.29. The quantitative estimate of drug-likeness (QED) is 0.850. The maximum absolute atomic E-state index is 11.8. The molecule has 4 heteroatoms. The Balaban J connectivity index is 3.23. The van der Waals surface area contributed by atoms with Crippen molar-refractivity contribution in [3.63, 3.8) is 0 Å². The summed E-state index contributed by atoms with van der Waals surface area (Å²) in [5, 5.41) is 3.27. The molecule has 0 heterocycles. The largest absolute Gasteiger partial charge is 0.496 e. The molecule has 0 aromatic heterocycles. The van der Waals surface area contributed by atoms with Gasteiger partial charge in [0.2, 0.25) is 0 Å². The second-order valence-electron chi connectivity index (χ2n) is 5.26. The van der Waals surface area contributed by atoms with E-state index in [1.807, 2.05) is 26.8 Å². The van der Waals surface area contributed by atoms with E-state index in [-0.39, 0.29) is 5.97 Å². The summed E-state index contributed by atoms with van der Waals surface area (Å²) in [5.74, 6) is 0.566. The molecule has 0 atom stereocenters. The Labute approximate surface area is 115 Å². The maximum Gasteiger partial charge on any atom is 0.330 e. The SMILES string of the molecule is COC(=O)C(C)(C)Nc1c(C)cc(OC)c(C)c1C. The van der Waals surface area contributed by atoms with E-state index in [0.29, 0.717) is 0 Å². The molecule has 4 nitrogen and oxygen atoms in total. The van der Waals surface area contributed by atoms with Crippen molar-refractivity contribution in [2.75, 3.05) is 19.5 Å². The van der Waals surface area contributed by atoms with Gasteiger partial charge in [0.15, 0.2) is 0 Å². The highest BCUT2D eigenvalue weighted by molar-refractivity contribution is 5.84. The highest BCUT2D eigenvalue weighted by atomic mass is 16.5. The van der Waals surface area contributed by atoms with Crippen molar-refractivity contribution in [2.24, 2.45) is 0 Å². The van der Waals surface area contributed by atoms with Crippen molar-refractivity contribution in [3.8, 4) is 5.75 Å². The highest BCUT2D eigenvalue weighted by Crippen LogP contribution is 2.32. The lowest BCUT2D eigenvalue weighted by Gasteiger charge is -2.27. The van der Waals surface area contributed by atoms with Gasteiger partial charge in [0.05, 0.1) is 14.2 Å². The third kappa shape index (κ3) is 3.00. The summed E-state index contributed by atoms with van der Waals surface area (Å²) in [5.41, 5.74) is 3.36. The summed E-state index contributed by atoms with van der Waals surface area (Å²) in [7, 11) is 3.05. The molecular weight excluding hydrogens is 242 g/mol. The molecule has 0 bridgehead atoms. The fraction of sp³-hybridized carbons (Fsp3) is 0.533. The standard InChI is InChI=1S/C15H23NO3/c1-9-8-12(18-6)10(2)11(3)13(9)16-15(4,5)14(17)19-7/h8,16H,1-7H3. The zero-order chi connectivity index (χ0) is 14.8. The van der Waals surface area contributed by atoms with Crippen LogP contribution in [0.5, 0.6) is 5.75 Å². The Morgan fingerprint density at radius 2 is 1.74 bits per heavy atom. The number of anilines is 1. The number of rotatable bonds is 4. The third-order valence-corrected chi connectivity index (χ3v) is 3.40. The summed E-state index contributed by atoms with van der Waals surface area (Å²) in [6.45, 7) is 9.61. The van der Waals surface area contributed by atoms with Crippen LogP contribution in [0.4, 0.5) is 5.69 Å². The van der Waals surface area contributed by atoms with Crippen LogP contribution in [0.2, 0.25) is 0 Å². The van der Waals surface area contributed by atoms with Gasteiger partial charge in [-0.2, -0.15) is 0 Å². The Morgan fingerprint density at radius 1 is 1.16 bits per heavy atom. The van der Waals surface area contributed by atoms with E-state index in [1.165, 1.54) is 7.11 Å². The molecule has 1 N–H and O–H groups in total. The van der Waals surface area contributed by atoms with Crippen LogP contribution >= 0.6 is 0 Å². The van der Waals surface area contributed by atoms with E-state index in [2.05, 4.69) is 5.32 Å². The third-order valence-electron chi connectivity index (χ3n) is 3.40. The lowest BCUT2D eigenvalue weighted by molar-refractivity contribution is -0.144. The number of methoxy groups -OCH3 is 2. The van der Waals surface area contributed by atoms with Gasteiger partial charge in [-0.05, 0) is 57.4 Å². The fourth-order valence-electron chi connectivity index (χ4n) is 2.07. The molecule has 0 radical (unpaired) electrons. The molecule has 1 aromatic rings. The molecule has 0 aliphatic rings. The summed E-state index contributed by atoms with van der Waals surface area (Å²) in [6.07, 6.45) is 0. The van der Waals surface area contributed by atoms with Gasteiger partial charge in [0.25, 0.3) is 0 Å².